The predicted molar refractivity (Wildman–Crippen MR) is 104 cm³/mol. The SMILES string of the molecule is CC(C)[C@@H](C(=O)OCC(=O)NC(=O)Nc1ccccc1F)c1ccc(Cl)cc1. The first-order chi connectivity index (χ1) is 13.3. The molecule has 8 heteroatoms. The molecule has 0 aliphatic rings. The molecule has 2 N–H and O–H groups in total. The van der Waals surface area contributed by atoms with Gasteiger partial charge in [0.1, 0.15) is 5.82 Å². The number of hydrogen-bond donors (Lipinski definition) is 2. The van der Waals surface area contributed by atoms with Crippen molar-refractivity contribution in [3.63, 3.8) is 0 Å². The first kappa shape index (κ1) is 21.4. The molecule has 0 saturated heterocycles. The highest BCUT2D eigenvalue weighted by Crippen LogP contribution is 2.27. The van der Waals surface area contributed by atoms with Crippen LogP contribution in [-0.2, 0) is 14.3 Å². The Morgan fingerprint density at radius 1 is 1.07 bits per heavy atom. The molecule has 0 spiro atoms. The van der Waals surface area contributed by atoms with Crippen LogP contribution in [0.25, 0.3) is 0 Å². The predicted octanol–water partition coefficient (Wildman–Crippen LogP) is 4.11. The van der Waals surface area contributed by atoms with Crippen molar-refractivity contribution in [3.8, 4) is 0 Å². The fourth-order valence-corrected chi connectivity index (χ4v) is 2.69. The highest BCUT2D eigenvalue weighted by atomic mass is 35.5. The van der Waals surface area contributed by atoms with Gasteiger partial charge in [-0.1, -0.05) is 49.7 Å². The van der Waals surface area contributed by atoms with Gasteiger partial charge in [-0.2, -0.15) is 0 Å². The molecule has 2 aromatic carbocycles. The maximum atomic E-state index is 13.5. The molecule has 0 radical (unpaired) electrons. The van der Waals surface area contributed by atoms with Crippen LogP contribution in [0.4, 0.5) is 14.9 Å². The van der Waals surface area contributed by atoms with Gasteiger partial charge in [-0.3, -0.25) is 14.9 Å². The van der Waals surface area contributed by atoms with Gasteiger partial charge >= 0.3 is 12.0 Å². The molecule has 0 heterocycles. The summed E-state index contributed by atoms with van der Waals surface area (Å²) in [5.74, 6) is -2.74. The van der Waals surface area contributed by atoms with Gasteiger partial charge < -0.3 is 10.1 Å². The largest absolute Gasteiger partial charge is 0.455 e. The van der Waals surface area contributed by atoms with Crippen LogP contribution >= 0.6 is 11.6 Å². The number of amides is 3. The average Bonchev–Trinajstić information content (AvgIpc) is 2.63. The summed E-state index contributed by atoms with van der Waals surface area (Å²) >= 11 is 5.86. The van der Waals surface area contributed by atoms with Crippen molar-refractivity contribution in [2.75, 3.05) is 11.9 Å². The molecule has 2 rings (SSSR count). The summed E-state index contributed by atoms with van der Waals surface area (Å²) < 4.78 is 18.5. The average molecular weight is 407 g/mol. The number of halogens is 2. The van der Waals surface area contributed by atoms with Crippen molar-refractivity contribution in [2.45, 2.75) is 19.8 Å². The lowest BCUT2D eigenvalue weighted by molar-refractivity contribution is -0.150. The number of rotatable bonds is 6. The molecule has 0 unspecified atom stereocenters. The second-order valence-electron chi connectivity index (χ2n) is 6.36. The first-order valence-corrected chi connectivity index (χ1v) is 8.93. The summed E-state index contributed by atoms with van der Waals surface area (Å²) in [5.41, 5.74) is 0.634. The molecule has 6 nitrogen and oxygen atoms in total. The second-order valence-corrected chi connectivity index (χ2v) is 6.80. The van der Waals surface area contributed by atoms with E-state index in [9.17, 15) is 18.8 Å². The number of benzene rings is 2. The van der Waals surface area contributed by atoms with Crippen LogP contribution in [0.3, 0.4) is 0 Å². The minimum absolute atomic E-state index is 0.0765. The van der Waals surface area contributed by atoms with Crippen molar-refractivity contribution in [1.29, 1.82) is 0 Å². The van der Waals surface area contributed by atoms with Crippen molar-refractivity contribution in [3.05, 3.63) is 64.9 Å². The molecule has 0 bridgehead atoms. The summed E-state index contributed by atoms with van der Waals surface area (Å²) in [4.78, 5) is 36.0. The molecule has 0 fully saturated rings. The van der Waals surface area contributed by atoms with Gasteiger partial charge in [-0.25, -0.2) is 9.18 Å². The summed E-state index contributed by atoms with van der Waals surface area (Å²) in [6, 6.07) is 11.4. The molecule has 0 aromatic heterocycles. The Hall–Kier alpha value is -2.93. The zero-order chi connectivity index (χ0) is 20.7. The van der Waals surface area contributed by atoms with Crippen LogP contribution in [0.5, 0.6) is 0 Å². The molecular formula is C20H20ClFN2O4. The standard InChI is InChI=1S/C20H20ClFN2O4/c1-12(2)18(13-7-9-14(21)10-8-13)19(26)28-11-17(25)24-20(27)23-16-6-4-3-5-15(16)22/h3-10,12,18H,11H2,1-2H3,(H2,23,24,25,27)/t18-/m1/s1. The van der Waals surface area contributed by atoms with Crippen molar-refractivity contribution in [2.24, 2.45) is 5.92 Å². The lowest BCUT2D eigenvalue weighted by atomic mass is 9.88. The number of urea groups is 1. The Morgan fingerprint density at radius 3 is 2.32 bits per heavy atom. The summed E-state index contributed by atoms with van der Waals surface area (Å²) in [6.07, 6.45) is 0. The third-order valence-corrected chi connectivity index (χ3v) is 4.12. The van der Waals surface area contributed by atoms with Crippen LogP contribution in [0.2, 0.25) is 5.02 Å². The highest BCUT2D eigenvalue weighted by molar-refractivity contribution is 6.30. The minimum atomic E-state index is -0.927. The van der Waals surface area contributed by atoms with Gasteiger partial charge in [-0.15, -0.1) is 0 Å². The monoisotopic (exact) mass is 406 g/mol. The van der Waals surface area contributed by atoms with E-state index < -0.39 is 36.2 Å². The van der Waals surface area contributed by atoms with Crippen LogP contribution in [0, 0.1) is 11.7 Å². The Morgan fingerprint density at radius 2 is 1.71 bits per heavy atom. The molecule has 0 saturated carbocycles. The van der Waals surface area contributed by atoms with E-state index >= 15 is 0 Å². The fourth-order valence-electron chi connectivity index (χ4n) is 2.57. The smallest absolute Gasteiger partial charge is 0.326 e. The number of ether oxygens (including phenoxy) is 1. The van der Waals surface area contributed by atoms with Crippen LogP contribution in [0.15, 0.2) is 48.5 Å². The van der Waals surface area contributed by atoms with E-state index in [2.05, 4.69) is 5.32 Å². The molecule has 2 aromatic rings. The normalized spacial score (nSPS) is 11.6. The van der Waals surface area contributed by atoms with Crippen LogP contribution < -0.4 is 10.6 Å². The molecule has 148 valence electrons. The summed E-state index contributed by atoms with van der Waals surface area (Å²) in [7, 11) is 0. The van der Waals surface area contributed by atoms with Gasteiger partial charge in [0.25, 0.3) is 5.91 Å². The molecule has 28 heavy (non-hydrogen) atoms. The van der Waals surface area contributed by atoms with Gasteiger partial charge in [0.2, 0.25) is 0 Å². The maximum Gasteiger partial charge on any atom is 0.326 e. The first-order valence-electron chi connectivity index (χ1n) is 8.55. The van der Waals surface area contributed by atoms with E-state index in [1.807, 2.05) is 19.2 Å². The Kier molecular flexibility index (Phi) is 7.52. The van der Waals surface area contributed by atoms with Crippen molar-refractivity contribution in [1.82, 2.24) is 5.32 Å². The Balaban J connectivity index is 1.89. The number of nitrogens with one attached hydrogen (secondary N) is 2. The molecule has 3 amide bonds. The number of esters is 1. The van der Waals surface area contributed by atoms with Gasteiger partial charge in [0.05, 0.1) is 11.6 Å². The number of anilines is 1. The van der Waals surface area contributed by atoms with Crippen molar-refractivity contribution < 1.29 is 23.5 Å². The minimum Gasteiger partial charge on any atom is -0.455 e. The van der Waals surface area contributed by atoms with Gasteiger partial charge in [0, 0.05) is 5.02 Å². The molecule has 1 atom stereocenters. The second kappa shape index (κ2) is 9.85. The molecular weight excluding hydrogens is 387 g/mol. The van der Waals surface area contributed by atoms with Gasteiger partial charge in [0.15, 0.2) is 6.61 Å². The van der Waals surface area contributed by atoms with Gasteiger partial charge in [-0.05, 0) is 35.7 Å². The lowest BCUT2D eigenvalue weighted by Crippen LogP contribution is -2.38. The summed E-state index contributed by atoms with van der Waals surface area (Å²) in [5, 5.41) is 4.72. The quantitative estimate of drug-likeness (QED) is 0.707. The van der Waals surface area contributed by atoms with E-state index in [4.69, 9.17) is 16.3 Å². The van der Waals surface area contributed by atoms with Crippen LogP contribution in [-0.4, -0.2) is 24.5 Å². The van der Waals surface area contributed by atoms with E-state index in [1.54, 1.807) is 24.3 Å². The Bertz CT molecular complexity index is 856. The van der Waals surface area contributed by atoms with E-state index in [0.29, 0.717) is 10.6 Å². The molecule has 0 aliphatic carbocycles. The molecule has 0 aliphatic heterocycles. The third kappa shape index (κ3) is 6.06. The lowest BCUT2D eigenvalue weighted by Gasteiger charge is -2.19. The van der Waals surface area contributed by atoms with E-state index in [-0.39, 0.29) is 11.6 Å². The van der Waals surface area contributed by atoms with E-state index in [1.165, 1.54) is 24.3 Å². The topological polar surface area (TPSA) is 84.5 Å². The number of carbonyl (C=O) groups is 3. The number of hydrogen-bond acceptors (Lipinski definition) is 4. The fraction of sp³-hybridized carbons (Fsp3) is 0.250. The van der Waals surface area contributed by atoms with E-state index in [0.717, 1.165) is 0 Å². The summed E-state index contributed by atoms with van der Waals surface area (Å²) in [6.45, 7) is 3.06. The highest BCUT2D eigenvalue weighted by Gasteiger charge is 2.26. The van der Waals surface area contributed by atoms with Crippen LogP contribution in [0.1, 0.15) is 25.3 Å². The zero-order valence-electron chi connectivity index (χ0n) is 15.4. The van der Waals surface area contributed by atoms with Crippen molar-refractivity contribution >= 4 is 35.2 Å². The Labute approximate surface area is 167 Å². The number of carbonyl (C=O) groups excluding carboxylic acids is 3. The number of para-hydroxylation sites is 1. The number of imide groups is 1. The zero-order valence-corrected chi connectivity index (χ0v) is 16.1. The third-order valence-electron chi connectivity index (χ3n) is 3.87. The maximum absolute atomic E-state index is 13.5.